The van der Waals surface area contributed by atoms with Gasteiger partial charge in [-0.3, -0.25) is 14.4 Å². The van der Waals surface area contributed by atoms with Gasteiger partial charge in [-0.2, -0.15) is 0 Å². The lowest BCUT2D eigenvalue weighted by molar-refractivity contribution is -0.149. The van der Waals surface area contributed by atoms with E-state index in [4.69, 9.17) is 23.7 Å². The molecular weight excluding hydrogens is 731 g/mol. The van der Waals surface area contributed by atoms with Crippen LogP contribution < -0.4 is 0 Å². The number of esters is 3. The molecule has 0 radical (unpaired) electrons. The summed E-state index contributed by atoms with van der Waals surface area (Å²) < 4.78 is 29.3. The zero-order chi connectivity index (χ0) is 42.4. The molecule has 58 heavy (non-hydrogen) atoms. The van der Waals surface area contributed by atoms with Crippen LogP contribution in [0.1, 0.15) is 227 Å². The van der Waals surface area contributed by atoms with Crippen molar-refractivity contribution in [2.24, 2.45) is 11.3 Å². The summed E-state index contributed by atoms with van der Waals surface area (Å²) in [4.78, 5) is 39.9. The molecule has 0 amide bonds. The summed E-state index contributed by atoms with van der Waals surface area (Å²) in [6.07, 6.45) is 32.4. The van der Waals surface area contributed by atoms with E-state index >= 15 is 0 Å². The average Bonchev–Trinajstić information content (AvgIpc) is 3.21. The van der Waals surface area contributed by atoms with E-state index in [0.717, 1.165) is 110 Å². The van der Waals surface area contributed by atoms with E-state index in [1.165, 1.54) is 83.5 Å². The van der Waals surface area contributed by atoms with E-state index in [0.29, 0.717) is 39.1 Å². The minimum Gasteiger partial charge on any atom is -0.466 e. The second-order valence-corrected chi connectivity index (χ2v) is 18.0. The summed E-state index contributed by atoms with van der Waals surface area (Å²) in [6, 6.07) is 0. The molecule has 0 aliphatic carbocycles. The zero-order valence-corrected chi connectivity index (χ0v) is 38.7. The fraction of sp³-hybridized carbons (Fsp3) is 0.939. The van der Waals surface area contributed by atoms with Crippen LogP contribution in [-0.2, 0) is 38.1 Å². The first-order valence-corrected chi connectivity index (χ1v) is 24.6. The van der Waals surface area contributed by atoms with Gasteiger partial charge in [0.2, 0.25) is 0 Å². The summed E-state index contributed by atoms with van der Waals surface area (Å²) in [5, 5.41) is 0. The van der Waals surface area contributed by atoms with Crippen molar-refractivity contribution in [2.45, 2.75) is 233 Å². The molecule has 0 aromatic heterocycles. The molecule has 0 bridgehead atoms. The van der Waals surface area contributed by atoms with E-state index in [9.17, 15) is 14.4 Å². The Bertz CT molecular complexity index is 938. The smallest absolute Gasteiger partial charge is 0.305 e. The largest absolute Gasteiger partial charge is 0.466 e. The van der Waals surface area contributed by atoms with E-state index < -0.39 is 0 Å². The lowest BCUT2D eigenvalue weighted by atomic mass is 9.81. The number of hydrogen-bond acceptors (Lipinski definition) is 9. The van der Waals surface area contributed by atoms with Crippen molar-refractivity contribution in [1.29, 1.82) is 0 Å². The van der Waals surface area contributed by atoms with Crippen LogP contribution in [0, 0.1) is 11.3 Å². The number of unbranched alkanes of at least 4 members (excludes halogenated alkanes) is 18. The van der Waals surface area contributed by atoms with Gasteiger partial charge in [0.25, 0.3) is 0 Å². The van der Waals surface area contributed by atoms with E-state index in [1.54, 1.807) is 0 Å². The second kappa shape index (κ2) is 38.2. The van der Waals surface area contributed by atoms with Crippen LogP contribution in [0.3, 0.4) is 0 Å². The third-order valence-corrected chi connectivity index (χ3v) is 12.0. The molecule has 0 aromatic carbocycles. The fourth-order valence-electron chi connectivity index (χ4n) is 7.70. The Morgan fingerprint density at radius 3 is 1.47 bits per heavy atom. The van der Waals surface area contributed by atoms with Gasteiger partial charge in [-0.15, -0.1) is 0 Å². The summed E-state index contributed by atoms with van der Waals surface area (Å²) in [5.41, 5.74) is 0.219. The SMILES string of the molecule is CCCCCCCCCCCCC(CCCOC(=O)CCCCC(COC(=O)CCCCCCC)COC(=O)CCCCCCC)OCOCC1(C)CCN(C)CC1. The number of piperidine rings is 1. The third kappa shape index (κ3) is 33.1. The maximum absolute atomic E-state index is 12.7. The van der Waals surface area contributed by atoms with Crippen LogP contribution in [0.25, 0.3) is 0 Å². The molecule has 1 aliphatic heterocycles. The normalized spacial score (nSPS) is 14.8. The Labute approximate surface area is 357 Å². The first kappa shape index (κ1) is 54.3. The van der Waals surface area contributed by atoms with Crippen molar-refractivity contribution in [2.75, 3.05) is 53.4 Å². The highest BCUT2D eigenvalue weighted by molar-refractivity contribution is 5.70. The van der Waals surface area contributed by atoms with Crippen molar-refractivity contribution in [3.8, 4) is 0 Å². The van der Waals surface area contributed by atoms with Crippen molar-refractivity contribution in [3.05, 3.63) is 0 Å². The molecule has 0 N–H and O–H groups in total. The number of carbonyl (C=O) groups excluding carboxylic acids is 3. The molecule has 9 heteroatoms. The van der Waals surface area contributed by atoms with Crippen LogP contribution in [0.5, 0.6) is 0 Å². The van der Waals surface area contributed by atoms with Crippen LogP contribution in [-0.4, -0.2) is 82.3 Å². The van der Waals surface area contributed by atoms with Crippen LogP contribution in [0.2, 0.25) is 0 Å². The van der Waals surface area contributed by atoms with E-state index in [1.807, 2.05) is 0 Å². The Balaban J connectivity index is 2.44. The summed E-state index contributed by atoms with van der Waals surface area (Å²) in [7, 11) is 2.19. The monoisotopic (exact) mass is 824 g/mol. The number of hydrogen-bond donors (Lipinski definition) is 0. The molecule has 1 heterocycles. The number of carbonyl (C=O) groups is 3. The molecule has 1 atom stereocenters. The predicted molar refractivity (Wildman–Crippen MR) is 238 cm³/mol. The zero-order valence-electron chi connectivity index (χ0n) is 38.7. The van der Waals surface area contributed by atoms with Crippen LogP contribution >= 0.6 is 0 Å². The Morgan fingerprint density at radius 2 is 0.948 bits per heavy atom. The molecule has 342 valence electrons. The average molecular weight is 824 g/mol. The van der Waals surface area contributed by atoms with Gasteiger partial charge in [-0.1, -0.05) is 150 Å². The molecular formula is C49H93NO8. The Kier molecular flexibility index (Phi) is 35.8. The highest BCUT2D eigenvalue weighted by Gasteiger charge is 2.29. The molecule has 1 aliphatic rings. The van der Waals surface area contributed by atoms with Crippen molar-refractivity contribution in [3.63, 3.8) is 0 Å². The molecule has 1 unspecified atom stereocenters. The maximum Gasteiger partial charge on any atom is 0.305 e. The van der Waals surface area contributed by atoms with Gasteiger partial charge in [-0.05, 0) is 83.3 Å². The minimum atomic E-state index is -0.182. The van der Waals surface area contributed by atoms with Crippen LogP contribution in [0.15, 0.2) is 0 Å². The third-order valence-electron chi connectivity index (χ3n) is 12.0. The lowest BCUT2D eigenvalue weighted by Crippen LogP contribution is -2.39. The van der Waals surface area contributed by atoms with Gasteiger partial charge < -0.3 is 28.6 Å². The molecule has 1 fully saturated rings. The molecule has 0 saturated carbocycles. The van der Waals surface area contributed by atoms with Crippen LogP contribution in [0.4, 0.5) is 0 Å². The summed E-state index contributed by atoms with van der Waals surface area (Å²) >= 11 is 0. The molecule has 1 saturated heterocycles. The van der Waals surface area contributed by atoms with Gasteiger partial charge in [0.05, 0.1) is 32.5 Å². The van der Waals surface area contributed by atoms with Gasteiger partial charge in [0, 0.05) is 25.2 Å². The summed E-state index contributed by atoms with van der Waals surface area (Å²) in [5.74, 6) is -0.619. The highest BCUT2D eigenvalue weighted by Crippen LogP contribution is 2.30. The van der Waals surface area contributed by atoms with Gasteiger partial charge in [0.15, 0.2) is 0 Å². The standard InChI is InChI=1S/C49H93NO8/c1-6-9-12-15-16-17-18-19-22-23-30-45(58-43-54-42-49(4)35-37-50(5)38-36-49)31-28-39-55-46(51)34-27-26-29-44(40-56-47(52)32-24-20-13-10-7-2)41-57-48(53)33-25-21-14-11-8-3/h44-45H,6-43H2,1-5H3. The first-order chi connectivity index (χ1) is 28.2. The minimum absolute atomic E-state index is 0.0761. The first-order valence-electron chi connectivity index (χ1n) is 24.6. The molecule has 1 rings (SSSR count). The topological polar surface area (TPSA) is 101 Å². The second-order valence-electron chi connectivity index (χ2n) is 18.0. The lowest BCUT2D eigenvalue weighted by Gasteiger charge is -2.37. The van der Waals surface area contributed by atoms with Gasteiger partial charge >= 0.3 is 17.9 Å². The van der Waals surface area contributed by atoms with Gasteiger partial charge in [-0.25, -0.2) is 0 Å². The number of rotatable bonds is 41. The predicted octanol–water partition coefficient (Wildman–Crippen LogP) is 12.7. The van der Waals surface area contributed by atoms with Crippen molar-refractivity contribution >= 4 is 17.9 Å². The molecule has 9 nitrogen and oxygen atoms in total. The van der Waals surface area contributed by atoms with Crippen molar-refractivity contribution in [1.82, 2.24) is 4.90 Å². The molecule has 0 aromatic rings. The molecule has 0 spiro atoms. The number of likely N-dealkylation sites (tertiary alicyclic amines) is 1. The van der Waals surface area contributed by atoms with Gasteiger partial charge in [0.1, 0.15) is 6.79 Å². The fourth-order valence-corrected chi connectivity index (χ4v) is 7.70. The van der Waals surface area contributed by atoms with Crippen molar-refractivity contribution < 1.29 is 38.1 Å². The van der Waals surface area contributed by atoms with E-state index in [-0.39, 0.29) is 48.6 Å². The number of nitrogens with zero attached hydrogens (tertiary/aromatic N) is 1. The quantitative estimate of drug-likeness (QED) is 0.0258. The maximum atomic E-state index is 12.7. The Morgan fingerprint density at radius 1 is 0.534 bits per heavy atom. The Hall–Kier alpha value is -1.71. The van der Waals surface area contributed by atoms with E-state index in [2.05, 4.69) is 39.6 Å². The number of ether oxygens (including phenoxy) is 5. The highest BCUT2D eigenvalue weighted by atomic mass is 16.7. The summed E-state index contributed by atoms with van der Waals surface area (Å²) in [6.45, 7) is 13.1.